The van der Waals surface area contributed by atoms with E-state index in [0.29, 0.717) is 26.6 Å². The number of hydrogen-bond donors (Lipinski definition) is 1. The van der Waals surface area contributed by atoms with Crippen LogP contribution in [0.3, 0.4) is 0 Å². The standard InChI is InChI=1S/C25H29N3O4S2/c1-4-15(3)28-23(30)16-10-6-8-12-18(16)26-25(28)33-14-20(29)27-22-21(24(31)32-5-2)17-11-7-9-13-19(17)34-22/h6,8,10,12,15H,4-5,7,9,11,13-14H2,1-3H3,(H,27,29)/t15-/m0/s1. The number of anilines is 1. The summed E-state index contributed by atoms with van der Waals surface area (Å²) in [4.78, 5) is 44.6. The number of ether oxygens (including phenoxy) is 1. The van der Waals surface area contributed by atoms with Gasteiger partial charge >= 0.3 is 5.97 Å². The highest BCUT2D eigenvalue weighted by molar-refractivity contribution is 7.99. The summed E-state index contributed by atoms with van der Waals surface area (Å²) in [5.74, 6) is -0.551. The summed E-state index contributed by atoms with van der Waals surface area (Å²) in [5.41, 5.74) is 2.03. The molecule has 0 spiro atoms. The lowest BCUT2D eigenvalue weighted by Crippen LogP contribution is -2.26. The van der Waals surface area contributed by atoms with Crippen LogP contribution >= 0.6 is 23.1 Å². The van der Waals surface area contributed by atoms with E-state index in [9.17, 15) is 14.4 Å². The van der Waals surface area contributed by atoms with Gasteiger partial charge in [0.2, 0.25) is 5.91 Å². The molecule has 1 aliphatic carbocycles. The van der Waals surface area contributed by atoms with Gasteiger partial charge in [-0.1, -0.05) is 30.8 Å². The molecule has 0 saturated carbocycles. The van der Waals surface area contributed by atoms with Gasteiger partial charge in [0, 0.05) is 10.9 Å². The molecular weight excluding hydrogens is 470 g/mol. The number of aromatic nitrogens is 2. The smallest absolute Gasteiger partial charge is 0.341 e. The van der Waals surface area contributed by atoms with Crippen molar-refractivity contribution in [2.75, 3.05) is 17.7 Å². The van der Waals surface area contributed by atoms with Crippen molar-refractivity contribution in [3.8, 4) is 0 Å². The molecular formula is C25H29N3O4S2. The van der Waals surface area contributed by atoms with Gasteiger partial charge in [-0.25, -0.2) is 9.78 Å². The van der Waals surface area contributed by atoms with E-state index in [0.717, 1.165) is 42.5 Å². The van der Waals surface area contributed by atoms with Gasteiger partial charge in [0.15, 0.2) is 5.16 Å². The first-order chi connectivity index (χ1) is 16.4. The molecule has 3 aromatic rings. The maximum atomic E-state index is 13.1. The van der Waals surface area contributed by atoms with E-state index in [4.69, 9.17) is 4.74 Å². The first kappa shape index (κ1) is 24.5. The molecule has 0 unspecified atom stereocenters. The fourth-order valence-electron chi connectivity index (χ4n) is 4.16. The molecule has 7 nitrogen and oxygen atoms in total. The van der Waals surface area contributed by atoms with Crippen LogP contribution in [0.4, 0.5) is 5.00 Å². The van der Waals surface area contributed by atoms with Crippen LogP contribution in [-0.4, -0.2) is 33.8 Å². The summed E-state index contributed by atoms with van der Waals surface area (Å²) in [6.45, 7) is 6.05. The predicted octanol–water partition coefficient (Wildman–Crippen LogP) is 5.22. The van der Waals surface area contributed by atoms with Crippen LogP contribution in [0.5, 0.6) is 0 Å². The number of nitrogens with zero attached hydrogens (tertiary/aromatic N) is 2. The molecule has 0 saturated heterocycles. The number of para-hydroxylation sites is 1. The van der Waals surface area contributed by atoms with Gasteiger partial charge in [0.05, 0.1) is 28.8 Å². The van der Waals surface area contributed by atoms with Crippen molar-refractivity contribution in [2.45, 2.75) is 64.1 Å². The molecule has 9 heteroatoms. The number of fused-ring (bicyclic) bond motifs is 2. The van der Waals surface area contributed by atoms with E-state index in [1.54, 1.807) is 17.6 Å². The second-order valence-electron chi connectivity index (χ2n) is 8.32. The van der Waals surface area contributed by atoms with Gasteiger partial charge in [0.25, 0.3) is 5.56 Å². The lowest BCUT2D eigenvalue weighted by molar-refractivity contribution is -0.113. The summed E-state index contributed by atoms with van der Waals surface area (Å²) in [7, 11) is 0. The zero-order valence-electron chi connectivity index (χ0n) is 19.7. The van der Waals surface area contributed by atoms with Crippen LogP contribution in [0.25, 0.3) is 10.9 Å². The first-order valence-electron chi connectivity index (χ1n) is 11.7. The van der Waals surface area contributed by atoms with Crippen molar-refractivity contribution in [3.05, 3.63) is 50.6 Å². The average Bonchev–Trinajstić information content (AvgIpc) is 3.20. The topological polar surface area (TPSA) is 90.3 Å². The number of carbonyl (C=O) groups excluding carboxylic acids is 2. The Morgan fingerprint density at radius 3 is 2.76 bits per heavy atom. The molecule has 0 bridgehead atoms. The van der Waals surface area contributed by atoms with Crippen LogP contribution in [0, 0.1) is 0 Å². The van der Waals surface area contributed by atoms with Gasteiger partial charge in [0.1, 0.15) is 5.00 Å². The van der Waals surface area contributed by atoms with Crippen LogP contribution in [0.2, 0.25) is 0 Å². The Kier molecular flexibility index (Phi) is 7.73. The Bertz CT molecular complexity index is 1280. The van der Waals surface area contributed by atoms with E-state index >= 15 is 0 Å². The Labute approximate surface area is 206 Å². The number of aryl methyl sites for hydroxylation is 1. The fraction of sp³-hybridized carbons (Fsp3) is 0.440. The Morgan fingerprint density at radius 2 is 2.00 bits per heavy atom. The Hall–Kier alpha value is -2.65. The number of hydrogen-bond acceptors (Lipinski definition) is 7. The fourth-order valence-corrected chi connectivity index (χ4v) is 6.36. The third-order valence-electron chi connectivity index (χ3n) is 6.04. The normalized spacial score (nSPS) is 14.0. The summed E-state index contributed by atoms with van der Waals surface area (Å²) < 4.78 is 6.95. The van der Waals surface area contributed by atoms with E-state index in [1.165, 1.54) is 23.1 Å². The van der Waals surface area contributed by atoms with Gasteiger partial charge < -0.3 is 10.1 Å². The summed E-state index contributed by atoms with van der Waals surface area (Å²) in [6, 6.07) is 7.21. The molecule has 1 aliphatic rings. The maximum absolute atomic E-state index is 13.1. The van der Waals surface area contributed by atoms with Crippen LogP contribution < -0.4 is 10.9 Å². The minimum Gasteiger partial charge on any atom is -0.462 e. The molecule has 2 aromatic heterocycles. The third kappa shape index (κ3) is 4.90. The molecule has 0 aliphatic heterocycles. The molecule has 180 valence electrons. The monoisotopic (exact) mass is 499 g/mol. The number of benzene rings is 1. The first-order valence-corrected chi connectivity index (χ1v) is 13.5. The third-order valence-corrected chi connectivity index (χ3v) is 8.20. The lowest BCUT2D eigenvalue weighted by atomic mass is 9.95. The molecule has 34 heavy (non-hydrogen) atoms. The SMILES string of the molecule is CCOC(=O)c1c(NC(=O)CSc2nc3ccccc3c(=O)n2[C@@H](C)CC)sc2c1CCCC2. The number of amides is 1. The van der Waals surface area contributed by atoms with E-state index in [2.05, 4.69) is 10.3 Å². The highest BCUT2D eigenvalue weighted by atomic mass is 32.2. The highest BCUT2D eigenvalue weighted by Gasteiger charge is 2.27. The van der Waals surface area contributed by atoms with Gasteiger partial charge in [-0.15, -0.1) is 11.3 Å². The maximum Gasteiger partial charge on any atom is 0.341 e. The highest BCUT2D eigenvalue weighted by Crippen LogP contribution is 2.38. The van der Waals surface area contributed by atoms with Crippen molar-refractivity contribution < 1.29 is 14.3 Å². The van der Waals surface area contributed by atoms with E-state index in [-0.39, 0.29) is 35.8 Å². The number of thioether (sulfide) groups is 1. The Morgan fingerprint density at radius 1 is 1.24 bits per heavy atom. The molecule has 0 radical (unpaired) electrons. The molecule has 1 N–H and O–H groups in total. The van der Waals surface area contributed by atoms with E-state index < -0.39 is 0 Å². The molecule has 1 aromatic carbocycles. The second kappa shape index (κ2) is 10.7. The quantitative estimate of drug-likeness (QED) is 0.260. The van der Waals surface area contributed by atoms with E-state index in [1.807, 2.05) is 32.0 Å². The Balaban J connectivity index is 1.58. The van der Waals surface area contributed by atoms with Gasteiger partial charge in [-0.3, -0.25) is 14.2 Å². The van der Waals surface area contributed by atoms with Gasteiger partial charge in [-0.2, -0.15) is 0 Å². The zero-order chi connectivity index (χ0) is 24.2. The molecule has 2 heterocycles. The lowest BCUT2D eigenvalue weighted by Gasteiger charge is -2.18. The van der Waals surface area contributed by atoms with Crippen molar-refractivity contribution >= 4 is 50.9 Å². The van der Waals surface area contributed by atoms with Crippen molar-refractivity contribution in [2.24, 2.45) is 0 Å². The largest absolute Gasteiger partial charge is 0.462 e. The van der Waals surface area contributed by atoms with Crippen molar-refractivity contribution in [3.63, 3.8) is 0 Å². The zero-order valence-corrected chi connectivity index (χ0v) is 21.3. The molecule has 1 atom stereocenters. The minimum atomic E-state index is -0.383. The minimum absolute atomic E-state index is 0.0467. The van der Waals surface area contributed by atoms with Crippen molar-refractivity contribution in [1.82, 2.24) is 9.55 Å². The van der Waals surface area contributed by atoms with Crippen LogP contribution in [0.15, 0.2) is 34.2 Å². The number of esters is 1. The summed E-state index contributed by atoms with van der Waals surface area (Å²) in [5, 5.41) is 4.58. The predicted molar refractivity (Wildman–Crippen MR) is 137 cm³/mol. The number of thiophene rings is 1. The molecule has 0 fully saturated rings. The summed E-state index contributed by atoms with van der Waals surface area (Å²) >= 11 is 2.70. The van der Waals surface area contributed by atoms with Crippen LogP contribution in [-0.2, 0) is 22.4 Å². The number of rotatable bonds is 8. The average molecular weight is 500 g/mol. The van der Waals surface area contributed by atoms with Crippen LogP contribution in [0.1, 0.15) is 66.9 Å². The number of nitrogens with one attached hydrogen (secondary N) is 1. The summed E-state index contributed by atoms with van der Waals surface area (Å²) in [6.07, 6.45) is 4.62. The number of carbonyl (C=O) groups is 2. The van der Waals surface area contributed by atoms with Crippen molar-refractivity contribution in [1.29, 1.82) is 0 Å². The molecule has 1 amide bonds. The molecule has 4 rings (SSSR count). The van der Waals surface area contributed by atoms with Gasteiger partial charge in [-0.05, 0) is 63.6 Å². The second-order valence-corrected chi connectivity index (χ2v) is 10.4.